The minimum Gasteiger partial charge on any atom is -0.494 e. The van der Waals surface area contributed by atoms with Crippen molar-refractivity contribution in [3.05, 3.63) is 41.3 Å². The molecule has 1 aliphatic rings. The number of Topliss-reactive ketones (excluding diaryl/α,β-unsaturated/α-hetero) is 1. The Bertz CT molecular complexity index is 665. The van der Waals surface area contributed by atoms with Gasteiger partial charge in [-0.25, -0.2) is 4.39 Å². The summed E-state index contributed by atoms with van der Waals surface area (Å²) in [4.78, 5) is 16.3. The van der Waals surface area contributed by atoms with E-state index in [0.29, 0.717) is 23.8 Å². The number of methoxy groups -OCH3 is 1. The normalized spacial score (nSPS) is 14.2. The number of benzene rings is 1. The molecule has 2 aromatic rings. The van der Waals surface area contributed by atoms with Crippen molar-refractivity contribution in [2.45, 2.75) is 31.6 Å². The molecule has 0 atom stereocenters. The largest absolute Gasteiger partial charge is 0.494 e. The number of hydrogen-bond donors (Lipinski definition) is 0. The molecule has 5 nitrogen and oxygen atoms in total. The van der Waals surface area contributed by atoms with E-state index in [1.54, 1.807) is 6.07 Å². The summed E-state index contributed by atoms with van der Waals surface area (Å²) in [5.74, 6) is 1.03. The number of aromatic nitrogens is 2. The molecule has 0 aliphatic heterocycles. The zero-order valence-corrected chi connectivity index (χ0v) is 11.6. The molecule has 1 heterocycles. The highest BCUT2D eigenvalue weighted by Crippen LogP contribution is 2.38. The number of ether oxygens (including phenoxy) is 1. The maximum Gasteiger partial charge on any atom is 0.227 e. The first kappa shape index (κ1) is 13.7. The van der Waals surface area contributed by atoms with E-state index in [1.807, 2.05) is 0 Å². The number of rotatable bonds is 6. The minimum atomic E-state index is -0.544. The van der Waals surface area contributed by atoms with Crippen LogP contribution in [0.3, 0.4) is 0 Å². The highest BCUT2D eigenvalue weighted by molar-refractivity contribution is 5.96. The molecule has 110 valence electrons. The third-order valence-corrected chi connectivity index (χ3v) is 3.47. The predicted octanol–water partition coefficient (Wildman–Crippen LogP) is 2.91. The maximum absolute atomic E-state index is 13.6. The number of carbonyl (C=O) groups excluding carboxylic acids is 1. The molecule has 0 radical (unpaired) electrons. The second-order valence-corrected chi connectivity index (χ2v) is 5.09. The summed E-state index contributed by atoms with van der Waals surface area (Å²) in [6, 6.07) is 4.18. The number of hydrogen-bond acceptors (Lipinski definition) is 5. The summed E-state index contributed by atoms with van der Waals surface area (Å²) < 4.78 is 23.5. The van der Waals surface area contributed by atoms with Crippen LogP contribution in [0.2, 0.25) is 0 Å². The number of halogens is 1. The van der Waals surface area contributed by atoms with Crippen LogP contribution >= 0.6 is 0 Å². The first-order chi connectivity index (χ1) is 10.2. The van der Waals surface area contributed by atoms with Gasteiger partial charge in [0.25, 0.3) is 0 Å². The van der Waals surface area contributed by atoms with Gasteiger partial charge in [0.15, 0.2) is 23.2 Å². The standard InChI is InChI=1S/C15H15FN2O3/c1-20-13-6-4-10(8-11(13)16)12(19)5-7-14-17-15(18-21-14)9-2-3-9/h4,6,8-9H,2-3,5,7H2,1H3. The minimum absolute atomic E-state index is 0.123. The molecule has 0 saturated heterocycles. The fourth-order valence-electron chi connectivity index (χ4n) is 2.08. The molecule has 0 bridgehead atoms. The molecule has 1 aliphatic carbocycles. The number of ketones is 1. The van der Waals surface area contributed by atoms with Gasteiger partial charge >= 0.3 is 0 Å². The lowest BCUT2D eigenvalue weighted by atomic mass is 10.1. The smallest absolute Gasteiger partial charge is 0.227 e. The van der Waals surface area contributed by atoms with Gasteiger partial charge in [-0.2, -0.15) is 4.98 Å². The molecule has 6 heteroatoms. The number of carbonyl (C=O) groups is 1. The summed E-state index contributed by atoms with van der Waals surface area (Å²) in [6.07, 6.45) is 2.77. The van der Waals surface area contributed by atoms with Gasteiger partial charge in [0.1, 0.15) is 0 Å². The molecular formula is C15H15FN2O3. The second-order valence-electron chi connectivity index (χ2n) is 5.09. The van der Waals surface area contributed by atoms with Gasteiger partial charge in [-0.05, 0) is 31.0 Å². The molecule has 1 aromatic heterocycles. The molecule has 21 heavy (non-hydrogen) atoms. The van der Waals surface area contributed by atoms with Crippen molar-refractivity contribution in [3.63, 3.8) is 0 Å². The van der Waals surface area contributed by atoms with E-state index in [4.69, 9.17) is 9.26 Å². The van der Waals surface area contributed by atoms with Gasteiger partial charge in [-0.15, -0.1) is 0 Å². The lowest BCUT2D eigenvalue weighted by Gasteiger charge is -2.03. The second kappa shape index (κ2) is 5.63. The number of aryl methyl sites for hydroxylation is 1. The first-order valence-electron chi connectivity index (χ1n) is 6.86. The highest BCUT2D eigenvalue weighted by atomic mass is 19.1. The van der Waals surface area contributed by atoms with E-state index in [1.165, 1.54) is 19.2 Å². The Kier molecular flexibility index (Phi) is 3.68. The van der Waals surface area contributed by atoms with Crippen LogP contribution in [0.5, 0.6) is 5.75 Å². The van der Waals surface area contributed by atoms with Crippen molar-refractivity contribution in [2.75, 3.05) is 7.11 Å². The SMILES string of the molecule is COc1ccc(C(=O)CCc2nc(C3CC3)no2)cc1F. The zero-order valence-electron chi connectivity index (χ0n) is 11.6. The highest BCUT2D eigenvalue weighted by Gasteiger charge is 2.28. The molecule has 1 aromatic carbocycles. The summed E-state index contributed by atoms with van der Waals surface area (Å²) >= 11 is 0. The Morgan fingerprint density at radius 3 is 2.95 bits per heavy atom. The molecule has 3 rings (SSSR count). The fraction of sp³-hybridized carbons (Fsp3) is 0.400. The first-order valence-corrected chi connectivity index (χ1v) is 6.86. The molecule has 0 amide bonds. The third kappa shape index (κ3) is 3.09. The number of nitrogens with zero attached hydrogens (tertiary/aromatic N) is 2. The summed E-state index contributed by atoms with van der Waals surface area (Å²) in [5.41, 5.74) is 0.315. The molecule has 0 N–H and O–H groups in total. The lowest BCUT2D eigenvalue weighted by Crippen LogP contribution is -2.02. The molecular weight excluding hydrogens is 275 g/mol. The summed E-state index contributed by atoms with van der Waals surface area (Å²) in [6.45, 7) is 0. The molecule has 0 unspecified atom stereocenters. The average Bonchev–Trinajstić information content (AvgIpc) is 3.23. The van der Waals surface area contributed by atoms with Crippen LogP contribution in [0, 0.1) is 5.82 Å². The molecule has 1 saturated carbocycles. The van der Waals surface area contributed by atoms with Gasteiger partial charge in [0, 0.05) is 24.3 Å². The van der Waals surface area contributed by atoms with Crippen LogP contribution in [0.25, 0.3) is 0 Å². The predicted molar refractivity (Wildman–Crippen MR) is 71.9 cm³/mol. The summed E-state index contributed by atoms with van der Waals surface area (Å²) in [5, 5.41) is 3.89. The van der Waals surface area contributed by atoms with E-state index in [0.717, 1.165) is 18.7 Å². The lowest BCUT2D eigenvalue weighted by molar-refractivity contribution is 0.0979. The van der Waals surface area contributed by atoms with E-state index in [2.05, 4.69) is 10.1 Å². The Labute approximate surface area is 121 Å². The van der Waals surface area contributed by atoms with Crippen molar-refractivity contribution >= 4 is 5.78 Å². The Morgan fingerprint density at radius 2 is 2.29 bits per heavy atom. The third-order valence-electron chi connectivity index (χ3n) is 3.47. The Hall–Kier alpha value is -2.24. The maximum atomic E-state index is 13.6. The van der Waals surface area contributed by atoms with E-state index in [-0.39, 0.29) is 18.0 Å². The van der Waals surface area contributed by atoms with Gasteiger partial charge in [-0.3, -0.25) is 4.79 Å². The van der Waals surface area contributed by atoms with Gasteiger partial charge in [0.2, 0.25) is 5.89 Å². The van der Waals surface area contributed by atoms with Crippen molar-refractivity contribution < 1.29 is 18.4 Å². The average molecular weight is 290 g/mol. The topological polar surface area (TPSA) is 65.2 Å². The zero-order chi connectivity index (χ0) is 14.8. The van der Waals surface area contributed by atoms with Gasteiger partial charge < -0.3 is 9.26 Å². The van der Waals surface area contributed by atoms with Crippen molar-refractivity contribution in [1.29, 1.82) is 0 Å². The fourth-order valence-corrected chi connectivity index (χ4v) is 2.08. The van der Waals surface area contributed by atoms with Crippen LogP contribution < -0.4 is 4.74 Å². The van der Waals surface area contributed by atoms with Crippen LogP contribution in [0.15, 0.2) is 22.7 Å². The van der Waals surface area contributed by atoms with Crippen molar-refractivity contribution in [1.82, 2.24) is 10.1 Å². The summed E-state index contributed by atoms with van der Waals surface area (Å²) in [7, 11) is 1.38. The van der Waals surface area contributed by atoms with Crippen molar-refractivity contribution in [2.24, 2.45) is 0 Å². The Balaban J connectivity index is 1.61. The monoisotopic (exact) mass is 290 g/mol. The molecule has 0 spiro atoms. The van der Waals surface area contributed by atoms with Crippen LogP contribution in [-0.2, 0) is 6.42 Å². The van der Waals surface area contributed by atoms with E-state index >= 15 is 0 Å². The van der Waals surface area contributed by atoms with Crippen LogP contribution in [0.4, 0.5) is 4.39 Å². The van der Waals surface area contributed by atoms with E-state index in [9.17, 15) is 9.18 Å². The molecule has 1 fully saturated rings. The van der Waals surface area contributed by atoms with Crippen LogP contribution in [-0.4, -0.2) is 23.0 Å². The quantitative estimate of drug-likeness (QED) is 0.765. The van der Waals surface area contributed by atoms with Gasteiger partial charge in [0.05, 0.1) is 7.11 Å². The van der Waals surface area contributed by atoms with Crippen LogP contribution in [0.1, 0.15) is 47.3 Å². The van der Waals surface area contributed by atoms with Crippen molar-refractivity contribution in [3.8, 4) is 5.75 Å². The Morgan fingerprint density at radius 1 is 1.48 bits per heavy atom. The van der Waals surface area contributed by atoms with Gasteiger partial charge in [-0.1, -0.05) is 5.16 Å². The van der Waals surface area contributed by atoms with E-state index < -0.39 is 5.82 Å².